The number of aromatic hydroxyl groups is 2. The number of urea groups is 1. The fraction of sp³-hybridized carbons (Fsp3) is 0. The van der Waals surface area contributed by atoms with Gasteiger partial charge in [-0.2, -0.15) is 0 Å². The Morgan fingerprint density at radius 1 is 1.29 bits per heavy atom. The van der Waals surface area contributed by atoms with Gasteiger partial charge >= 0.3 is 6.03 Å². The van der Waals surface area contributed by atoms with E-state index in [0.29, 0.717) is 0 Å². The highest BCUT2D eigenvalue weighted by Gasteiger charge is 1.90. The van der Waals surface area contributed by atoms with Crippen molar-refractivity contribution in [3.05, 3.63) is 24.3 Å². The number of rotatable bonds is 1. The Bertz CT molecular complexity index is 293. The van der Waals surface area contributed by atoms with Gasteiger partial charge in [0.2, 0.25) is 6.41 Å². The van der Waals surface area contributed by atoms with Crippen molar-refractivity contribution in [1.82, 2.24) is 5.32 Å². The van der Waals surface area contributed by atoms with Gasteiger partial charge < -0.3 is 15.9 Å². The van der Waals surface area contributed by atoms with Crippen LogP contribution in [0.2, 0.25) is 0 Å². The zero-order valence-electron chi connectivity index (χ0n) is 7.18. The van der Waals surface area contributed by atoms with Crippen LogP contribution in [-0.2, 0) is 4.79 Å². The van der Waals surface area contributed by atoms with E-state index in [4.69, 9.17) is 10.2 Å². The van der Waals surface area contributed by atoms with E-state index in [-0.39, 0.29) is 17.9 Å². The predicted octanol–water partition coefficient (Wildman–Crippen LogP) is -0.0911. The average Bonchev–Trinajstić information content (AvgIpc) is 2.11. The van der Waals surface area contributed by atoms with E-state index in [9.17, 15) is 9.59 Å². The van der Waals surface area contributed by atoms with Gasteiger partial charge in [0.05, 0.1) is 0 Å². The zero-order valence-corrected chi connectivity index (χ0v) is 7.18. The van der Waals surface area contributed by atoms with Crippen molar-refractivity contribution in [2.45, 2.75) is 0 Å². The van der Waals surface area contributed by atoms with Gasteiger partial charge in [-0.15, -0.1) is 0 Å². The summed E-state index contributed by atoms with van der Waals surface area (Å²) in [7, 11) is 0. The Labute approximate surface area is 80.0 Å². The standard InChI is InChI=1S/C6H6O2.C2H4N2O2/c7-5-3-1-2-4-6(5)8;3-2(6)4-1-5/h1-4,7-8H;1H,(H3,3,4,5,6). The fourth-order valence-electron chi connectivity index (χ4n) is 0.522. The molecule has 1 rings (SSSR count). The molecule has 0 bridgehead atoms. The molecule has 0 aromatic heterocycles. The predicted molar refractivity (Wildman–Crippen MR) is 48.6 cm³/mol. The Morgan fingerprint density at radius 2 is 1.71 bits per heavy atom. The minimum Gasteiger partial charge on any atom is -0.504 e. The molecule has 0 unspecified atom stereocenters. The first-order valence-corrected chi connectivity index (χ1v) is 3.54. The monoisotopic (exact) mass is 198 g/mol. The van der Waals surface area contributed by atoms with Crippen molar-refractivity contribution in [3.63, 3.8) is 0 Å². The van der Waals surface area contributed by atoms with E-state index in [2.05, 4.69) is 5.73 Å². The summed E-state index contributed by atoms with van der Waals surface area (Å²) in [6.07, 6.45) is 0.225. The van der Waals surface area contributed by atoms with Crippen LogP contribution in [0.15, 0.2) is 24.3 Å². The molecule has 0 heterocycles. The lowest BCUT2D eigenvalue weighted by molar-refractivity contribution is -0.108. The van der Waals surface area contributed by atoms with Gasteiger partial charge in [0.15, 0.2) is 11.5 Å². The number of phenolic OH excluding ortho intramolecular Hbond substituents is 2. The van der Waals surface area contributed by atoms with Gasteiger partial charge in [0.25, 0.3) is 0 Å². The Kier molecular flexibility index (Phi) is 5.29. The van der Waals surface area contributed by atoms with Gasteiger partial charge in [-0.3, -0.25) is 10.1 Å². The number of amides is 3. The van der Waals surface area contributed by atoms with E-state index in [1.54, 1.807) is 17.4 Å². The summed E-state index contributed by atoms with van der Waals surface area (Å²) in [4.78, 5) is 18.7. The first kappa shape index (κ1) is 11.8. The number of carbonyl (C=O) groups excluding carboxylic acids is 2. The second kappa shape index (κ2) is 6.30. The smallest absolute Gasteiger partial charge is 0.318 e. The molecule has 0 fully saturated rings. The Morgan fingerprint density at radius 3 is 1.86 bits per heavy atom. The van der Waals surface area contributed by atoms with Crippen molar-refractivity contribution in [1.29, 1.82) is 0 Å². The minimum atomic E-state index is -0.829. The van der Waals surface area contributed by atoms with E-state index in [1.165, 1.54) is 12.1 Å². The third kappa shape index (κ3) is 5.42. The first-order chi connectivity index (χ1) is 6.57. The average molecular weight is 198 g/mol. The molecule has 76 valence electrons. The number of nitrogens with one attached hydrogen (secondary N) is 1. The third-order valence-corrected chi connectivity index (χ3v) is 1.08. The Hall–Kier alpha value is -2.24. The fourth-order valence-corrected chi connectivity index (χ4v) is 0.522. The van der Waals surface area contributed by atoms with Crippen molar-refractivity contribution < 1.29 is 19.8 Å². The summed E-state index contributed by atoms with van der Waals surface area (Å²) in [6, 6.07) is 5.32. The molecular formula is C8H10N2O4. The maximum atomic E-state index is 9.48. The summed E-state index contributed by atoms with van der Waals surface area (Å²) < 4.78 is 0. The number of hydrogen-bond acceptors (Lipinski definition) is 4. The van der Waals surface area contributed by atoms with Crippen molar-refractivity contribution in [2.24, 2.45) is 5.73 Å². The number of benzene rings is 1. The molecule has 1 aromatic carbocycles. The molecule has 6 nitrogen and oxygen atoms in total. The first-order valence-electron chi connectivity index (χ1n) is 3.54. The molecule has 6 heteroatoms. The molecular weight excluding hydrogens is 188 g/mol. The lowest BCUT2D eigenvalue weighted by atomic mass is 10.3. The van der Waals surface area contributed by atoms with Crippen LogP contribution in [0.3, 0.4) is 0 Å². The molecule has 0 aliphatic heterocycles. The summed E-state index contributed by atoms with van der Waals surface area (Å²) in [6.45, 7) is 0. The highest BCUT2D eigenvalue weighted by Crippen LogP contribution is 2.21. The van der Waals surface area contributed by atoms with Crippen LogP contribution in [0, 0.1) is 0 Å². The van der Waals surface area contributed by atoms with Crippen LogP contribution in [0.25, 0.3) is 0 Å². The number of phenols is 2. The van der Waals surface area contributed by atoms with Crippen LogP contribution in [0.1, 0.15) is 0 Å². The van der Waals surface area contributed by atoms with Gasteiger partial charge in [-0.25, -0.2) is 4.79 Å². The topological polar surface area (TPSA) is 113 Å². The number of imide groups is 1. The molecule has 0 radical (unpaired) electrons. The second-order valence-corrected chi connectivity index (χ2v) is 2.12. The molecule has 0 aliphatic rings. The SMILES string of the molecule is NC(=O)NC=O.Oc1ccccc1O. The lowest BCUT2D eigenvalue weighted by Gasteiger charge is -1.91. The minimum absolute atomic E-state index is 0.0764. The maximum Gasteiger partial charge on any atom is 0.318 e. The van der Waals surface area contributed by atoms with Gasteiger partial charge in [0, 0.05) is 0 Å². The molecule has 14 heavy (non-hydrogen) atoms. The second-order valence-electron chi connectivity index (χ2n) is 2.12. The van der Waals surface area contributed by atoms with Crippen molar-refractivity contribution in [2.75, 3.05) is 0 Å². The van der Waals surface area contributed by atoms with Gasteiger partial charge in [-0.1, -0.05) is 12.1 Å². The van der Waals surface area contributed by atoms with Crippen molar-refractivity contribution >= 4 is 12.4 Å². The molecule has 0 atom stereocenters. The maximum absolute atomic E-state index is 9.48. The number of hydrogen-bond donors (Lipinski definition) is 4. The van der Waals surface area contributed by atoms with Crippen LogP contribution in [-0.4, -0.2) is 22.7 Å². The lowest BCUT2D eigenvalue weighted by Crippen LogP contribution is -2.27. The van der Waals surface area contributed by atoms with Crippen LogP contribution in [0.5, 0.6) is 11.5 Å². The quantitative estimate of drug-likeness (QED) is 0.373. The number of primary amides is 1. The highest BCUT2D eigenvalue weighted by atomic mass is 16.3. The molecule has 3 amide bonds. The van der Waals surface area contributed by atoms with E-state index in [1.807, 2.05) is 0 Å². The molecule has 0 aliphatic carbocycles. The summed E-state index contributed by atoms with van der Waals surface area (Å²) in [5, 5.41) is 19.0. The van der Waals surface area contributed by atoms with Gasteiger partial charge in [-0.05, 0) is 12.1 Å². The summed E-state index contributed by atoms with van der Waals surface area (Å²) in [5.74, 6) is -0.153. The summed E-state index contributed by atoms with van der Waals surface area (Å²) in [5.41, 5.74) is 4.42. The van der Waals surface area contributed by atoms with E-state index >= 15 is 0 Å². The summed E-state index contributed by atoms with van der Waals surface area (Å²) >= 11 is 0. The van der Waals surface area contributed by atoms with Crippen LogP contribution in [0.4, 0.5) is 4.79 Å². The largest absolute Gasteiger partial charge is 0.504 e. The molecule has 0 saturated carbocycles. The van der Waals surface area contributed by atoms with Crippen molar-refractivity contribution in [3.8, 4) is 11.5 Å². The van der Waals surface area contributed by atoms with Gasteiger partial charge in [0.1, 0.15) is 0 Å². The van der Waals surface area contributed by atoms with Crippen LogP contribution < -0.4 is 11.1 Å². The molecule has 1 aromatic rings. The number of carbonyl (C=O) groups is 2. The number of nitrogens with two attached hydrogens (primary N) is 1. The Balaban J connectivity index is 0.000000255. The molecule has 0 saturated heterocycles. The van der Waals surface area contributed by atoms with Crippen LogP contribution >= 0.6 is 0 Å². The zero-order chi connectivity index (χ0) is 11.0. The van der Waals surface area contributed by atoms with E-state index < -0.39 is 6.03 Å². The molecule has 0 spiro atoms. The van der Waals surface area contributed by atoms with E-state index in [0.717, 1.165) is 0 Å². The highest BCUT2D eigenvalue weighted by molar-refractivity contribution is 5.82. The normalized spacial score (nSPS) is 8.00. The molecule has 5 N–H and O–H groups in total. The third-order valence-electron chi connectivity index (χ3n) is 1.08. The number of para-hydroxylation sites is 2.